The van der Waals surface area contributed by atoms with Gasteiger partial charge >= 0.3 is 5.97 Å². The third-order valence-electron chi connectivity index (χ3n) is 3.89. The lowest BCUT2D eigenvalue weighted by molar-refractivity contribution is -0.172. The quantitative estimate of drug-likeness (QED) is 0.780. The molecular formula is C18H14BrClO4. The maximum absolute atomic E-state index is 12.4. The molecule has 0 spiro atoms. The number of benzene rings is 2. The summed E-state index contributed by atoms with van der Waals surface area (Å²) in [5.41, 5.74) is -0.901. The molecule has 2 aromatic rings. The Bertz CT molecular complexity index is 820. The minimum atomic E-state index is -2.03. The number of carbonyl (C=O) groups excluding carboxylic acids is 1. The summed E-state index contributed by atoms with van der Waals surface area (Å²) in [6, 6.07) is 12.2. The molecule has 3 rings (SSSR count). The Hall–Kier alpha value is -1.82. The van der Waals surface area contributed by atoms with Crippen LogP contribution >= 0.6 is 27.5 Å². The number of halogens is 2. The fourth-order valence-corrected chi connectivity index (χ4v) is 3.48. The van der Waals surface area contributed by atoms with Crippen LogP contribution in [0.1, 0.15) is 11.1 Å². The summed E-state index contributed by atoms with van der Waals surface area (Å²) in [5.74, 6) is -0.402. The third kappa shape index (κ3) is 2.73. The van der Waals surface area contributed by atoms with Crippen LogP contribution in [-0.4, -0.2) is 24.3 Å². The zero-order valence-electron chi connectivity index (χ0n) is 12.7. The fraction of sp³-hybridized carbons (Fsp3) is 0.167. The highest BCUT2D eigenvalue weighted by Crippen LogP contribution is 2.40. The van der Waals surface area contributed by atoms with Gasteiger partial charge in [0.1, 0.15) is 5.75 Å². The minimum absolute atomic E-state index is 0.349. The van der Waals surface area contributed by atoms with Gasteiger partial charge in [-0.3, -0.25) is 0 Å². The lowest BCUT2D eigenvalue weighted by atomic mass is 9.86. The van der Waals surface area contributed by atoms with E-state index in [0.717, 1.165) is 5.56 Å². The van der Waals surface area contributed by atoms with Crippen LogP contribution in [0.4, 0.5) is 0 Å². The molecule has 1 N–H and O–H groups in total. The van der Waals surface area contributed by atoms with Gasteiger partial charge in [-0.05, 0) is 18.2 Å². The molecule has 4 nitrogen and oxygen atoms in total. The molecule has 1 aliphatic rings. The van der Waals surface area contributed by atoms with Gasteiger partial charge in [0.25, 0.3) is 0 Å². The molecule has 0 amide bonds. The zero-order valence-corrected chi connectivity index (χ0v) is 15.0. The van der Waals surface area contributed by atoms with E-state index in [0.29, 0.717) is 20.8 Å². The Morgan fingerprint density at radius 1 is 1.29 bits per heavy atom. The molecule has 0 fully saturated rings. The number of carbonyl (C=O) groups is 1. The number of hydrogen-bond donors (Lipinski definition) is 1. The lowest BCUT2D eigenvalue weighted by Gasteiger charge is -2.35. The number of fused-ring (bicyclic) bond motifs is 1. The van der Waals surface area contributed by atoms with Gasteiger partial charge in [0.15, 0.2) is 6.10 Å². The van der Waals surface area contributed by atoms with Gasteiger partial charge in [0, 0.05) is 15.6 Å². The first-order valence-corrected chi connectivity index (χ1v) is 8.34. The van der Waals surface area contributed by atoms with Crippen molar-refractivity contribution >= 4 is 39.6 Å². The predicted octanol–water partition coefficient (Wildman–Crippen LogP) is 3.94. The van der Waals surface area contributed by atoms with E-state index in [-0.39, 0.29) is 0 Å². The highest BCUT2D eigenvalue weighted by Gasteiger charge is 2.49. The van der Waals surface area contributed by atoms with Crippen LogP contribution in [0, 0.1) is 0 Å². The molecule has 0 aliphatic carbocycles. The molecule has 1 aliphatic heterocycles. The molecule has 0 bridgehead atoms. The minimum Gasteiger partial charge on any atom is -0.480 e. The van der Waals surface area contributed by atoms with Crippen LogP contribution in [-0.2, 0) is 15.1 Å². The standard InChI is InChI=1S/C18H14BrClO4/c1-23-17(21)18(22,12-6-2-3-7-13(12)19)15-10-9-11-5-4-8-14(20)16(11)24-15/h2-10,15,22H,1H3. The Morgan fingerprint density at radius 3 is 2.75 bits per heavy atom. The summed E-state index contributed by atoms with van der Waals surface area (Å²) < 4.78 is 11.3. The number of esters is 1. The molecule has 2 unspecified atom stereocenters. The van der Waals surface area contributed by atoms with E-state index >= 15 is 0 Å². The highest BCUT2D eigenvalue weighted by molar-refractivity contribution is 9.10. The molecule has 0 saturated heterocycles. The van der Waals surface area contributed by atoms with Crippen molar-refractivity contribution in [2.24, 2.45) is 0 Å². The maximum atomic E-state index is 12.4. The van der Waals surface area contributed by atoms with Gasteiger partial charge in [0.05, 0.1) is 12.1 Å². The summed E-state index contributed by atoms with van der Waals surface area (Å²) in [7, 11) is 1.22. The first-order chi connectivity index (χ1) is 11.5. The van der Waals surface area contributed by atoms with Crippen LogP contribution in [0.5, 0.6) is 5.75 Å². The van der Waals surface area contributed by atoms with Crippen molar-refractivity contribution in [3.63, 3.8) is 0 Å². The summed E-state index contributed by atoms with van der Waals surface area (Å²) in [6.07, 6.45) is 2.39. The number of ether oxygens (including phenoxy) is 2. The van der Waals surface area contributed by atoms with Gasteiger partial charge in [-0.1, -0.05) is 63.9 Å². The highest BCUT2D eigenvalue weighted by atomic mass is 79.9. The Kier molecular flexibility index (Phi) is 4.67. The Labute approximate surface area is 152 Å². The number of rotatable bonds is 3. The van der Waals surface area contributed by atoms with Crippen molar-refractivity contribution in [2.75, 3.05) is 7.11 Å². The SMILES string of the molecule is COC(=O)C(O)(c1ccccc1Br)C1C=Cc2cccc(Cl)c2O1. The number of aliphatic hydroxyl groups is 1. The number of hydrogen-bond acceptors (Lipinski definition) is 4. The van der Waals surface area contributed by atoms with Gasteiger partial charge in [-0.2, -0.15) is 0 Å². The third-order valence-corrected chi connectivity index (χ3v) is 4.87. The smallest absolute Gasteiger partial charge is 0.346 e. The molecule has 1 heterocycles. The largest absolute Gasteiger partial charge is 0.480 e. The fourth-order valence-electron chi connectivity index (χ4n) is 2.67. The van der Waals surface area contributed by atoms with E-state index < -0.39 is 17.7 Å². The molecular weight excluding hydrogens is 396 g/mol. The molecule has 2 aromatic carbocycles. The van der Waals surface area contributed by atoms with E-state index in [2.05, 4.69) is 15.9 Å². The van der Waals surface area contributed by atoms with Crippen molar-refractivity contribution < 1.29 is 19.4 Å². The second-order valence-corrected chi connectivity index (χ2v) is 6.56. The van der Waals surface area contributed by atoms with Gasteiger partial charge in [-0.25, -0.2) is 4.79 Å². The Balaban J connectivity index is 2.11. The second kappa shape index (κ2) is 6.59. The average Bonchev–Trinajstić information content (AvgIpc) is 2.61. The summed E-state index contributed by atoms with van der Waals surface area (Å²) >= 11 is 9.55. The van der Waals surface area contributed by atoms with Crippen molar-refractivity contribution in [3.8, 4) is 5.75 Å². The molecule has 0 radical (unpaired) electrons. The molecule has 0 aromatic heterocycles. The van der Waals surface area contributed by atoms with Crippen LogP contribution in [0.2, 0.25) is 5.02 Å². The van der Waals surface area contributed by atoms with Gasteiger partial charge in [-0.15, -0.1) is 0 Å². The summed E-state index contributed by atoms with van der Waals surface area (Å²) in [5, 5.41) is 11.7. The van der Waals surface area contributed by atoms with E-state index in [9.17, 15) is 9.90 Å². The first kappa shape index (κ1) is 17.0. The Morgan fingerprint density at radius 2 is 2.04 bits per heavy atom. The van der Waals surface area contributed by atoms with Crippen molar-refractivity contribution in [2.45, 2.75) is 11.7 Å². The molecule has 6 heteroatoms. The number of para-hydroxylation sites is 1. The van der Waals surface area contributed by atoms with Crippen molar-refractivity contribution in [1.29, 1.82) is 0 Å². The normalized spacial score (nSPS) is 18.2. The molecule has 2 atom stereocenters. The summed E-state index contributed by atoms with van der Waals surface area (Å²) in [6.45, 7) is 0. The van der Waals surface area contributed by atoms with Crippen molar-refractivity contribution in [3.05, 3.63) is 69.2 Å². The van der Waals surface area contributed by atoms with Crippen LogP contribution < -0.4 is 4.74 Å². The average molecular weight is 410 g/mol. The first-order valence-electron chi connectivity index (χ1n) is 7.17. The van der Waals surface area contributed by atoms with Crippen LogP contribution in [0.25, 0.3) is 6.08 Å². The van der Waals surface area contributed by atoms with Gasteiger partial charge in [0.2, 0.25) is 5.60 Å². The second-order valence-electron chi connectivity index (χ2n) is 5.29. The predicted molar refractivity (Wildman–Crippen MR) is 95.0 cm³/mol. The van der Waals surface area contributed by atoms with Gasteiger partial charge < -0.3 is 14.6 Å². The monoisotopic (exact) mass is 408 g/mol. The van der Waals surface area contributed by atoms with E-state index in [1.54, 1.807) is 48.6 Å². The van der Waals surface area contributed by atoms with Crippen LogP contribution in [0.3, 0.4) is 0 Å². The summed E-state index contributed by atoms with van der Waals surface area (Å²) in [4.78, 5) is 12.4. The molecule has 24 heavy (non-hydrogen) atoms. The van der Waals surface area contributed by atoms with E-state index in [4.69, 9.17) is 21.1 Å². The van der Waals surface area contributed by atoms with Crippen LogP contribution in [0.15, 0.2) is 53.0 Å². The number of methoxy groups -OCH3 is 1. The zero-order chi connectivity index (χ0) is 17.3. The molecule has 0 saturated carbocycles. The maximum Gasteiger partial charge on any atom is 0.346 e. The lowest BCUT2D eigenvalue weighted by Crippen LogP contribution is -2.50. The topological polar surface area (TPSA) is 55.8 Å². The van der Waals surface area contributed by atoms with E-state index in [1.165, 1.54) is 7.11 Å². The van der Waals surface area contributed by atoms with E-state index in [1.807, 2.05) is 6.07 Å². The van der Waals surface area contributed by atoms with Crippen molar-refractivity contribution in [1.82, 2.24) is 0 Å². The molecule has 124 valence electrons.